The number of carboxylic acid groups (broad SMARTS) is 1. The van der Waals surface area contributed by atoms with Gasteiger partial charge in [0.05, 0.1) is 18.0 Å². The molecule has 1 aliphatic rings. The lowest BCUT2D eigenvalue weighted by Gasteiger charge is -2.25. The minimum atomic E-state index is -4.87. The maximum atomic E-state index is 14.1. The van der Waals surface area contributed by atoms with E-state index in [1.807, 2.05) is 48.5 Å². The fourth-order valence-electron chi connectivity index (χ4n) is 7.11. The number of carbonyl (C=O) groups excluding carboxylic acids is 2. The van der Waals surface area contributed by atoms with Crippen molar-refractivity contribution in [1.82, 2.24) is 20.5 Å². The van der Waals surface area contributed by atoms with Gasteiger partial charge in [0.15, 0.2) is 0 Å². The molecule has 1 aliphatic carbocycles. The monoisotopic (exact) mass is 883 g/mol. The molecule has 15 nitrogen and oxygen atoms in total. The zero-order valence-electron chi connectivity index (χ0n) is 34.5. The van der Waals surface area contributed by atoms with Crippen LogP contribution < -0.4 is 20.1 Å². The van der Waals surface area contributed by atoms with Crippen LogP contribution in [-0.4, -0.2) is 65.7 Å². The van der Waals surface area contributed by atoms with Gasteiger partial charge in [0.1, 0.15) is 17.2 Å². The van der Waals surface area contributed by atoms with E-state index in [1.165, 1.54) is 30.3 Å². The number of alkyl halides is 3. The summed E-state index contributed by atoms with van der Waals surface area (Å²) in [6, 6.07) is 36.5. The Morgan fingerprint density at radius 1 is 0.754 bits per heavy atom. The number of fused-ring (bicyclic) bond motifs is 3. The molecule has 0 unspecified atom stereocenters. The SMILES string of the molecule is [N-]=[N+]=NCCCOc1ccc(/N=N/c2ccc(C(=O)NCCNC(=O)c3cccc(Oc4cc(CN(CC5c6ccccc6-c6ccccc65)C(=O)O)cc(C(F)(F)F)n4)c3)cc2)cc1. The molecular formula is C47H40F3N9O6. The summed E-state index contributed by atoms with van der Waals surface area (Å²) in [7, 11) is 0. The summed E-state index contributed by atoms with van der Waals surface area (Å²) >= 11 is 0. The molecule has 330 valence electrons. The van der Waals surface area contributed by atoms with Crippen LogP contribution >= 0.6 is 0 Å². The second-order valence-corrected chi connectivity index (χ2v) is 14.6. The first-order valence-electron chi connectivity index (χ1n) is 20.3. The van der Waals surface area contributed by atoms with Gasteiger partial charge in [-0.3, -0.25) is 9.59 Å². The van der Waals surface area contributed by atoms with Crippen LogP contribution in [0.15, 0.2) is 149 Å². The van der Waals surface area contributed by atoms with E-state index in [-0.39, 0.29) is 54.9 Å². The molecule has 7 rings (SSSR count). The number of hydrogen-bond acceptors (Lipinski definition) is 9. The molecule has 0 aliphatic heterocycles. The number of amides is 3. The van der Waals surface area contributed by atoms with Crippen LogP contribution in [0.5, 0.6) is 17.4 Å². The average molecular weight is 884 g/mol. The quantitative estimate of drug-likeness (QED) is 0.0329. The van der Waals surface area contributed by atoms with E-state index in [1.54, 1.807) is 48.5 Å². The lowest BCUT2D eigenvalue weighted by molar-refractivity contribution is -0.141. The Labute approximate surface area is 370 Å². The van der Waals surface area contributed by atoms with E-state index in [0.717, 1.165) is 33.2 Å². The third-order valence-electron chi connectivity index (χ3n) is 10.2. The number of aromatic nitrogens is 1. The molecule has 18 heteroatoms. The number of rotatable bonds is 18. The second-order valence-electron chi connectivity index (χ2n) is 14.6. The van der Waals surface area contributed by atoms with E-state index >= 15 is 0 Å². The Hall–Kier alpha value is -8.24. The first-order valence-corrected chi connectivity index (χ1v) is 20.3. The molecule has 0 bridgehead atoms. The van der Waals surface area contributed by atoms with Gasteiger partial charge in [0.2, 0.25) is 5.88 Å². The maximum absolute atomic E-state index is 14.1. The van der Waals surface area contributed by atoms with Crippen molar-refractivity contribution in [2.24, 2.45) is 15.3 Å². The van der Waals surface area contributed by atoms with Crippen molar-refractivity contribution >= 4 is 29.3 Å². The molecule has 0 saturated heterocycles. The Kier molecular flexibility index (Phi) is 14.3. The molecule has 0 saturated carbocycles. The van der Waals surface area contributed by atoms with Gasteiger partial charge < -0.3 is 30.1 Å². The lowest BCUT2D eigenvalue weighted by Crippen LogP contribution is -2.34. The van der Waals surface area contributed by atoms with Crippen LogP contribution in [0, 0.1) is 0 Å². The average Bonchev–Trinajstić information content (AvgIpc) is 3.62. The molecule has 6 aromatic rings. The molecule has 0 radical (unpaired) electrons. The molecule has 3 amide bonds. The minimum absolute atomic E-state index is 0.00375. The summed E-state index contributed by atoms with van der Waals surface area (Å²) in [6.45, 7) is 0.507. The first-order chi connectivity index (χ1) is 31.4. The van der Waals surface area contributed by atoms with E-state index < -0.39 is 29.8 Å². The number of carbonyl (C=O) groups is 3. The largest absolute Gasteiger partial charge is 0.494 e. The van der Waals surface area contributed by atoms with E-state index in [4.69, 9.17) is 15.0 Å². The van der Waals surface area contributed by atoms with Crippen molar-refractivity contribution in [2.75, 3.05) is 32.8 Å². The molecule has 5 aromatic carbocycles. The van der Waals surface area contributed by atoms with Gasteiger partial charge in [-0.05, 0) is 113 Å². The smallest absolute Gasteiger partial charge is 0.433 e. The summed E-state index contributed by atoms with van der Waals surface area (Å²) in [5.41, 5.74) is 12.5. The molecule has 1 aromatic heterocycles. The topological polar surface area (TPSA) is 204 Å². The molecular weight excluding hydrogens is 844 g/mol. The van der Waals surface area contributed by atoms with E-state index in [2.05, 4.69) is 35.9 Å². The number of azide groups is 1. The van der Waals surface area contributed by atoms with Crippen LogP contribution in [0.2, 0.25) is 0 Å². The number of benzene rings is 5. The normalized spacial score (nSPS) is 11.9. The number of nitrogens with one attached hydrogen (secondary N) is 2. The highest BCUT2D eigenvalue weighted by molar-refractivity contribution is 5.95. The van der Waals surface area contributed by atoms with Gasteiger partial charge in [-0.25, -0.2) is 9.78 Å². The van der Waals surface area contributed by atoms with Crippen molar-refractivity contribution in [1.29, 1.82) is 0 Å². The van der Waals surface area contributed by atoms with Crippen LogP contribution in [0.1, 0.15) is 55.4 Å². The third kappa shape index (κ3) is 11.8. The third-order valence-corrected chi connectivity index (χ3v) is 10.2. The number of pyridine rings is 1. The number of hydrogen-bond donors (Lipinski definition) is 3. The summed E-state index contributed by atoms with van der Waals surface area (Å²) in [5, 5.41) is 27.5. The van der Waals surface area contributed by atoms with E-state index in [9.17, 15) is 32.7 Å². The highest BCUT2D eigenvalue weighted by Gasteiger charge is 2.35. The summed E-state index contributed by atoms with van der Waals surface area (Å²) in [5.74, 6) is -1.04. The molecule has 3 N–H and O–H groups in total. The minimum Gasteiger partial charge on any atom is -0.494 e. The zero-order valence-corrected chi connectivity index (χ0v) is 34.5. The molecule has 65 heavy (non-hydrogen) atoms. The van der Waals surface area contributed by atoms with Crippen LogP contribution in [-0.2, 0) is 12.7 Å². The van der Waals surface area contributed by atoms with Crippen LogP contribution in [0.4, 0.5) is 29.3 Å². The summed E-state index contributed by atoms with van der Waals surface area (Å²) < 4.78 is 53.7. The van der Waals surface area contributed by atoms with Crippen molar-refractivity contribution in [3.63, 3.8) is 0 Å². The van der Waals surface area contributed by atoms with Crippen molar-refractivity contribution in [2.45, 2.75) is 25.1 Å². The Morgan fingerprint density at radius 3 is 1.98 bits per heavy atom. The number of ether oxygens (including phenoxy) is 2. The molecule has 0 fully saturated rings. The fourth-order valence-corrected chi connectivity index (χ4v) is 7.11. The predicted octanol–water partition coefficient (Wildman–Crippen LogP) is 10.8. The highest BCUT2D eigenvalue weighted by atomic mass is 19.4. The fraction of sp³-hybridized carbons (Fsp3) is 0.191. The van der Waals surface area contributed by atoms with Crippen LogP contribution in [0.3, 0.4) is 0 Å². The zero-order chi connectivity index (χ0) is 45.8. The van der Waals surface area contributed by atoms with Crippen molar-refractivity contribution in [3.8, 4) is 28.5 Å². The van der Waals surface area contributed by atoms with Gasteiger partial charge >= 0.3 is 12.3 Å². The van der Waals surface area contributed by atoms with Gasteiger partial charge in [0.25, 0.3) is 11.8 Å². The molecule has 0 atom stereocenters. The number of halogens is 3. The Bertz CT molecular complexity index is 2700. The summed E-state index contributed by atoms with van der Waals surface area (Å²) in [6.07, 6.45) is -5.59. The van der Waals surface area contributed by atoms with E-state index in [0.29, 0.717) is 42.3 Å². The highest BCUT2D eigenvalue weighted by Crippen LogP contribution is 2.45. The van der Waals surface area contributed by atoms with Gasteiger partial charge in [-0.1, -0.05) is 59.7 Å². The van der Waals surface area contributed by atoms with Gasteiger partial charge in [0, 0.05) is 60.7 Å². The second kappa shape index (κ2) is 20.8. The standard InChI is InChI=1S/C47H40F3N9O6/c48-47(49,50)42-25-30(28-59(46(62)63)29-41-39-11-3-1-9-37(39)38-10-2-4-12-40(38)41)26-43(55-42)65-36-8-5-7-32(27-36)45(61)53-23-22-52-44(60)31-13-15-33(16-14-31)56-57-34-17-19-35(20-18-34)64-24-6-21-54-58-51/h1-5,7-20,25-27,41H,6,21-24,28-29H2,(H,52,60)(H,53,61)(H,62,63)/b57-56+. The molecule has 1 heterocycles. The van der Waals surface area contributed by atoms with Gasteiger partial charge in [-0.2, -0.15) is 23.4 Å². The summed E-state index contributed by atoms with van der Waals surface area (Å²) in [4.78, 5) is 45.8. The van der Waals surface area contributed by atoms with Crippen molar-refractivity contribution < 1.29 is 42.1 Å². The molecule has 0 spiro atoms. The predicted molar refractivity (Wildman–Crippen MR) is 234 cm³/mol. The number of nitrogens with zero attached hydrogens (tertiary/aromatic N) is 7. The Balaban J connectivity index is 0.916. The maximum Gasteiger partial charge on any atom is 0.433 e. The number of azo groups is 1. The van der Waals surface area contributed by atoms with Gasteiger partial charge in [-0.15, -0.1) is 0 Å². The van der Waals surface area contributed by atoms with Crippen molar-refractivity contribution in [3.05, 3.63) is 177 Å². The Morgan fingerprint density at radius 2 is 1.37 bits per heavy atom. The van der Waals surface area contributed by atoms with Crippen LogP contribution in [0.25, 0.3) is 21.6 Å². The lowest BCUT2D eigenvalue weighted by atomic mass is 9.96. The first kappa shape index (κ1) is 44.8.